The summed E-state index contributed by atoms with van der Waals surface area (Å²) in [6, 6.07) is 16.2. The van der Waals surface area contributed by atoms with Crippen LogP contribution in [-0.4, -0.2) is 25.2 Å². The van der Waals surface area contributed by atoms with Gasteiger partial charge in [-0.1, -0.05) is 24.3 Å². The molecule has 2 N–H and O–H groups in total. The molecule has 0 aliphatic carbocycles. The average Bonchev–Trinajstić information content (AvgIpc) is 3.24. The molecule has 2 aromatic heterocycles. The van der Waals surface area contributed by atoms with Crippen molar-refractivity contribution in [1.29, 1.82) is 0 Å². The van der Waals surface area contributed by atoms with E-state index in [1.165, 1.54) is 5.56 Å². The molecule has 0 saturated heterocycles. The maximum Gasteiger partial charge on any atom is 0.113 e. The van der Waals surface area contributed by atoms with Crippen LogP contribution in [0.25, 0.3) is 16.7 Å². The first-order valence-electron chi connectivity index (χ1n) is 7.47. The predicted octanol–water partition coefficient (Wildman–Crippen LogP) is 2.43. The minimum atomic E-state index is 0.768. The second-order valence-electron chi connectivity index (χ2n) is 5.38. The number of rotatable bonds is 5. The standard InChI is InChI=1S/C17H16N6/c1-2-4-15(5-3-1)23-12-14(11-19-23)10-18-9-13-6-7-16-17(8-13)21-22-20-16/h1-8,11-12,18H,9-10H2,(H,20,21,22). The van der Waals surface area contributed by atoms with Gasteiger partial charge >= 0.3 is 0 Å². The zero-order valence-corrected chi connectivity index (χ0v) is 12.5. The third kappa shape index (κ3) is 2.97. The van der Waals surface area contributed by atoms with Crippen LogP contribution >= 0.6 is 0 Å². The molecule has 0 bridgehead atoms. The molecule has 2 heterocycles. The van der Waals surface area contributed by atoms with Crippen molar-refractivity contribution in [2.75, 3.05) is 0 Å². The van der Waals surface area contributed by atoms with E-state index < -0.39 is 0 Å². The number of aromatic amines is 1. The Bertz CT molecular complexity index is 909. The summed E-state index contributed by atoms with van der Waals surface area (Å²) in [4.78, 5) is 0. The number of aromatic nitrogens is 5. The highest BCUT2D eigenvalue weighted by Crippen LogP contribution is 2.11. The van der Waals surface area contributed by atoms with Crippen molar-refractivity contribution in [2.24, 2.45) is 0 Å². The Morgan fingerprint density at radius 1 is 0.913 bits per heavy atom. The van der Waals surface area contributed by atoms with Crippen LogP contribution in [0.15, 0.2) is 60.9 Å². The van der Waals surface area contributed by atoms with Crippen molar-refractivity contribution in [3.63, 3.8) is 0 Å². The van der Waals surface area contributed by atoms with Crippen LogP contribution in [-0.2, 0) is 13.1 Å². The van der Waals surface area contributed by atoms with Gasteiger partial charge in [-0.05, 0) is 29.8 Å². The third-order valence-corrected chi connectivity index (χ3v) is 3.70. The Morgan fingerprint density at radius 3 is 2.65 bits per heavy atom. The van der Waals surface area contributed by atoms with Gasteiger partial charge < -0.3 is 5.32 Å². The Labute approximate surface area is 133 Å². The van der Waals surface area contributed by atoms with Gasteiger partial charge in [0.1, 0.15) is 11.0 Å². The second kappa shape index (κ2) is 6.02. The summed E-state index contributed by atoms with van der Waals surface area (Å²) in [6.45, 7) is 1.54. The Kier molecular flexibility index (Phi) is 3.57. The van der Waals surface area contributed by atoms with E-state index >= 15 is 0 Å². The molecule has 6 nitrogen and oxygen atoms in total. The molecule has 0 spiro atoms. The summed E-state index contributed by atoms with van der Waals surface area (Å²) < 4.78 is 1.89. The van der Waals surface area contributed by atoms with Gasteiger partial charge in [0.25, 0.3) is 0 Å². The molecule has 4 rings (SSSR count). The highest BCUT2D eigenvalue weighted by Gasteiger charge is 2.02. The predicted molar refractivity (Wildman–Crippen MR) is 88.0 cm³/mol. The third-order valence-electron chi connectivity index (χ3n) is 3.70. The zero-order valence-electron chi connectivity index (χ0n) is 12.5. The molecule has 0 atom stereocenters. The maximum atomic E-state index is 4.40. The van der Waals surface area contributed by atoms with E-state index in [-0.39, 0.29) is 0 Å². The van der Waals surface area contributed by atoms with Gasteiger partial charge in [0, 0.05) is 24.8 Å². The van der Waals surface area contributed by atoms with Crippen molar-refractivity contribution < 1.29 is 0 Å². The van der Waals surface area contributed by atoms with Crippen molar-refractivity contribution >= 4 is 11.0 Å². The molecule has 23 heavy (non-hydrogen) atoms. The van der Waals surface area contributed by atoms with Gasteiger partial charge in [-0.25, -0.2) is 4.68 Å². The summed E-state index contributed by atoms with van der Waals surface area (Å²) in [7, 11) is 0. The molecule has 0 aliphatic rings. The zero-order chi connectivity index (χ0) is 15.5. The molecule has 0 aliphatic heterocycles. The molecule has 0 amide bonds. The minimum absolute atomic E-state index is 0.768. The first-order chi connectivity index (χ1) is 11.4. The van der Waals surface area contributed by atoms with Crippen LogP contribution in [0.4, 0.5) is 0 Å². The largest absolute Gasteiger partial charge is 0.309 e. The van der Waals surface area contributed by atoms with E-state index in [1.807, 2.05) is 59.5 Å². The van der Waals surface area contributed by atoms with Gasteiger partial charge in [0.05, 0.1) is 11.9 Å². The molecule has 2 aromatic carbocycles. The van der Waals surface area contributed by atoms with Crippen molar-refractivity contribution in [3.05, 3.63) is 72.1 Å². The normalized spacial score (nSPS) is 11.1. The van der Waals surface area contributed by atoms with Crippen molar-refractivity contribution in [2.45, 2.75) is 13.1 Å². The van der Waals surface area contributed by atoms with E-state index in [0.717, 1.165) is 35.4 Å². The number of nitrogens with zero attached hydrogens (tertiary/aromatic N) is 4. The van der Waals surface area contributed by atoms with Gasteiger partial charge in [0.15, 0.2) is 0 Å². The van der Waals surface area contributed by atoms with Crippen LogP contribution in [0.2, 0.25) is 0 Å². The smallest absolute Gasteiger partial charge is 0.113 e. The molecule has 114 valence electrons. The van der Waals surface area contributed by atoms with Gasteiger partial charge in [-0.2, -0.15) is 20.5 Å². The highest BCUT2D eigenvalue weighted by molar-refractivity contribution is 5.74. The molecular weight excluding hydrogens is 288 g/mol. The molecule has 0 radical (unpaired) electrons. The summed E-state index contributed by atoms with van der Waals surface area (Å²) in [5, 5.41) is 18.6. The van der Waals surface area contributed by atoms with E-state index in [9.17, 15) is 0 Å². The number of H-pyrrole nitrogens is 1. The lowest BCUT2D eigenvalue weighted by Gasteiger charge is -2.03. The average molecular weight is 304 g/mol. The second-order valence-corrected chi connectivity index (χ2v) is 5.38. The van der Waals surface area contributed by atoms with Crippen molar-refractivity contribution in [3.8, 4) is 5.69 Å². The molecule has 0 saturated carbocycles. The Hall–Kier alpha value is -2.99. The summed E-state index contributed by atoms with van der Waals surface area (Å²) in [5.41, 5.74) is 5.17. The topological polar surface area (TPSA) is 71.4 Å². The number of benzene rings is 2. The van der Waals surface area contributed by atoms with Crippen LogP contribution in [0.3, 0.4) is 0 Å². The fourth-order valence-corrected chi connectivity index (χ4v) is 2.52. The van der Waals surface area contributed by atoms with Crippen LogP contribution < -0.4 is 5.32 Å². The lowest BCUT2D eigenvalue weighted by molar-refractivity contribution is 0.693. The quantitative estimate of drug-likeness (QED) is 0.594. The fraction of sp³-hybridized carbons (Fsp3) is 0.118. The Morgan fingerprint density at radius 2 is 1.74 bits per heavy atom. The number of hydrogen-bond donors (Lipinski definition) is 2. The lowest BCUT2D eigenvalue weighted by Crippen LogP contribution is -2.12. The fourth-order valence-electron chi connectivity index (χ4n) is 2.52. The highest BCUT2D eigenvalue weighted by atomic mass is 15.3. The van der Waals surface area contributed by atoms with Gasteiger partial charge in [-0.15, -0.1) is 0 Å². The van der Waals surface area contributed by atoms with Gasteiger partial charge in [0.2, 0.25) is 0 Å². The van der Waals surface area contributed by atoms with Gasteiger partial charge in [-0.3, -0.25) is 0 Å². The van der Waals surface area contributed by atoms with Crippen LogP contribution in [0, 0.1) is 0 Å². The first-order valence-corrected chi connectivity index (χ1v) is 7.47. The summed E-state index contributed by atoms with van der Waals surface area (Å²) in [5.74, 6) is 0. The molecule has 6 heteroatoms. The number of hydrogen-bond acceptors (Lipinski definition) is 4. The van der Waals surface area contributed by atoms with Crippen LogP contribution in [0.5, 0.6) is 0 Å². The van der Waals surface area contributed by atoms with Crippen molar-refractivity contribution in [1.82, 2.24) is 30.5 Å². The first kappa shape index (κ1) is 13.7. The summed E-state index contributed by atoms with van der Waals surface area (Å²) >= 11 is 0. The SMILES string of the molecule is c1ccc(-n2cc(CNCc3ccc4n[nH]nc4c3)cn2)cc1. The van der Waals surface area contributed by atoms with Crippen LogP contribution in [0.1, 0.15) is 11.1 Å². The number of nitrogens with one attached hydrogen (secondary N) is 2. The number of fused-ring (bicyclic) bond motifs is 1. The molecule has 0 fully saturated rings. The summed E-state index contributed by atoms with van der Waals surface area (Å²) in [6.07, 6.45) is 3.93. The van der Waals surface area contributed by atoms with E-state index in [2.05, 4.69) is 31.9 Å². The maximum absolute atomic E-state index is 4.40. The molecule has 4 aromatic rings. The number of para-hydroxylation sites is 1. The van der Waals surface area contributed by atoms with E-state index in [0.29, 0.717) is 0 Å². The van der Waals surface area contributed by atoms with E-state index in [1.54, 1.807) is 0 Å². The Balaban J connectivity index is 1.38. The monoisotopic (exact) mass is 304 g/mol. The minimum Gasteiger partial charge on any atom is -0.309 e. The lowest BCUT2D eigenvalue weighted by atomic mass is 10.2. The molecule has 0 unspecified atom stereocenters. The molecular formula is C17H16N6. The van der Waals surface area contributed by atoms with E-state index in [4.69, 9.17) is 0 Å².